The van der Waals surface area contributed by atoms with E-state index in [9.17, 15) is 8.42 Å². The number of rotatable bonds is 8. The Kier molecular flexibility index (Phi) is 6.45. The van der Waals surface area contributed by atoms with Gasteiger partial charge in [-0.2, -0.15) is 13.2 Å². The highest BCUT2D eigenvalue weighted by atomic mass is 32.2. The van der Waals surface area contributed by atoms with Crippen molar-refractivity contribution < 1.29 is 17.9 Å². The van der Waals surface area contributed by atoms with Crippen molar-refractivity contribution in [2.45, 2.75) is 45.0 Å². The fourth-order valence-electron chi connectivity index (χ4n) is 2.28. The Morgan fingerprint density at radius 2 is 1.68 bits per heavy atom. The molecule has 0 radical (unpaired) electrons. The number of hydrogen-bond donors (Lipinski definition) is 0. The molecular weight excluding hydrogens is 346 g/mol. The maximum atomic E-state index is 12.5. The number of nitrogens with zero attached hydrogens (tertiary/aromatic N) is 5. The van der Waals surface area contributed by atoms with E-state index in [4.69, 9.17) is 9.47 Å². The van der Waals surface area contributed by atoms with Crippen LogP contribution >= 0.6 is 0 Å². The molecule has 10 heteroatoms. The van der Waals surface area contributed by atoms with Crippen LogP contribution in [0.3, 0.4) is 0 Å². The van der Waals surface area contributed by atoms with Crippen molar-refractivity contribution in [3.05, 3.63) is 36.0 Å². The molecule has 0 amide bonds. The summed E-state index contributed by atoms with van der Waals surface area (Å²) in [5.41, 5.74) is -0.0728. The summed E-state index contributed by atoms with van der Waals surface area (Å²) in [6, 6.07) is 7.95. The molecule has 1 aromatic heterocycles. The summed E-state index contributed by atoms with van der Waals surface area (Å²) in [7, 11) is -3.92. The first-order valence-corrected chi connectivity index (χ1v) is 9.48. The summed E-state index contributed by atoms with van der Waals surface area (Å²) in [4.78, 5) is 1.50. The molecule has 0 saturated heterocycles. The lowest BCUT2D eigenvalue weighted by Gasteiger charge is -2.20. The Morgan fingerprint density at radius 3 is 2.28 bits per heavy atom. The van der Waals surface area contributed by atoms with E-state index in [1.54, 1.807) is 32.0 Å². The van der Waals surface area contributed by atoms with Crippen LogP contribution in [-0.2, 0) is 19.5 Å². The first-order valence-electron chi connectivity index (χ1n) is 8.04. The normalized spacial score (nSPS) is 15.3. The molecule has 1 aromatic carbocycles. The van der Waals surface area contributed by atoms with E-state index in [2.05, 4.69) is 14.7 Å². The van der Waals surface area contributed by atoms with Gasteiger partial charge in [-0.25, -0.2) is 4.68 Å². The van der Waals surface area contributed by atoms with Crippen LogP contribution < -0.4 is 5.62 Å². The van der Waals surface area contributed by atoms with E-state index in [0.29, 0.717) is 13.2 Å². The lowest BCUT2D eigenvalue weighted by atomic mass is 10.4. The number of sulfonamides is 1. The Bertz CT molecular complexity index is 844. The van der Waals surface area contributed by atoms with E-state index < -0.39 is 22.5 Å². The number of benzene rings is 1. The molecule has 0 spiro atoms. The largest absolute Gasteiger partial charge is 0.357 e. The van der Waals surface area contributed by atoms with Gasteiger partial charge in [0, 0.05) is 13.2 Å². The molecule has 0 bridgehead atoms. The van der Waals surface area contributed by atoms with Crippen molar-refractivity contribution in [3.63, 3.8) is 0 Å². The third-order valence-electron chi connectivity index (χ3n) is 3.38. The summed E-state index contributed by atoms with van der Waals surface area (Å²) < 4.78 is 41.4. The van der Waals surface area contributed by atoms with Crippen molar-refractivity contribution in [3.8, 4) is 0 Å². The van der Waals surface area contributed by atoms with Gasteiger partial charge >= 0.3 is 0 Å². The van der Waals surface area contributed by atoms with Crippen molar-refractivity contribution in [2.75, 3.05) is 13.2 Å². The summed E-state index contributed by atoms with van der Waals surface area (Å²) in [5, 5.41) is 7.89. The van der Waals surface area contributed by atoms with Crippen LogP contribution in [0.1, 0.15) is 40.2 Å². The maximum Gasteiger partial charge on any atom is 0.285 e. The monoisotopic (exact) mass is 369 g/mol. The highest BCUT2D eigenvalue weighted by molar-refractivity contribution is 7.90. The van der Waals surface area contributed by atoms with Crippen LogP contribution in [0.4, 0.5) is 0 Å². The van der Waals surface area contributed by atoms with Crippen molar-refractivity contribution in [1.82, 2.24) is 19.8 Å². The van der Waals surface area contributed by atoms with Gasteiger partial charge in [0.15, 0.2) is 12.5 Å². The van der Waals surface area contributed by atoms with Gasteiger partial charge < -0.3 is 9.47 Å². The standard InChI is InChI=1S/C15H23N5O4S/c1-5-23-12(3)19-15(16-18-20(19)13(4)24-6-2)17-25(21,22)14-10-8-7-9-11-14/h7-13H,5-6H2,1-4H3/b17-15+. The summed E-state index contributed by atoms with van der Waals surface area (Å²) in [6.45, 7) is 8.15. The molecule has 0 N–H and O–H groups in total. The fourth-order valence-corrected chi connectivity index (χ4v) is 3.22. The predicted octanol–water partition coefficient (Wildman–Crippen LogP) is 1.48. The van der Waals surface area contributed by atoms with Gasteiger partial charge in [-0.15, -0.1) is 4.40 Å². The topological polar surface area (TPSA) is 101 Å². The first kappa shape index (κ1) is 19.3. The van der Waals surface area contributed by atoms with Crippen molar-refractivity contribution in [2.24, 2.45) is 4.40 Å². The lowest BCUT2D eigenvalue weighted by Crippen LogP contribution is -2.32. The third-order valence-corrected chi connectivity index (χ3v) is 4.65. The quantitative estimate of drug-likeness (QED) is 0.699. The first-order chi connectivity index (χ1) is 11.9. The minimum absolute atomic E-state index is 0.0728. The van der Waals surface area contributed by atoms with Crippen LogP contribution in [0.15, 0.2) is 39.6 Å². The number of tetrazole rings is 1. The van der Waals surface area contributed by atoms with Gasteiger partial charge in [0.25, 0.3) is 15.6 Å². The fraction of sp³-hybridized carbons (Fsp3) is 0.533. The zero-order chi connectivity index (χ0) is 18.4. The van der Waals surface area contributed by atoms with Crippen molar-refractivity contribution >= 4 is 10.0 Å². The highest BCUT2D eigenvalue weighted by Crippen LogP contribution is 2.12. The minimum atomic E-state index is -3.92. The Balaban J connectivity index is 2.57. The highest BCUT2D eigenvalue weighted by Gasteiger charge is 2.20. The molecule has 1 heterocycles. The molecule has 2 atom stereocenters. The zero-order valence-electron chi connectivity index (χ0n) is 14.7. The van der Waals surface area contributed by atoms with Gasteiger partial charge in [-0.05, 0) is 45.0 Å². The molecule has 0 aliphatic carbocycles. The third kappa shape index (κ3) is 4.53. The summed E-state index contributed by atoms with van der Waals surface area (Å²) >= 11 is 0. The molecular formula is C15H23N5O4S. The molecule has 0 aliphatic rings. The van der Waals surface area contributed by atoms with E-state index >= 15 is 0 Å². The van der Waals surface area contributed by atoms with Gasteiger partial charge in [0.2, 0.25) is 0 Å². The zero-order valence-corrected chi connectivity index (χ0v) is 15.5. The average Bonchev–Trinajstić information content (AvgIpc) is 2.99. The molecule has 2 unspecified atom stereocenters. The average molecular weight is 369 g/mol. The number of ether oxygens (including phenoxy) is 2. The summed E-state index contributed by atoms with van der Waals surface area (Å²) in [6.07, 6.45) is -0.976. The molecule has 0 saturated carbocycles. The minimum Gasteiger partial charge on any atom is -0.357 e. The Hall–Kier alpha value is -2.04. The smallest absolute Gasteiger partial charge is 0.285 e. The second-order valence-electron chi connectivity index (χ2n) is 5.14. The maximum absolute atomic E-state index is 12.5. The van der Waals surface area contributed by atoms with Crippen molar-refractivity contribution in [1.29, 1.82) is 0 Å². The van der Waals surface area contributed by atoms with Gasteiger partial charge in [-0.3, -0.25) is 0 Å². The van der Waals surface area contributed by atoms with Crippen LogP contribution in [-0.4, -0.2) is 41.4 Å². The molecule has 0 fully saturated rings. The molecule has 9 nitrogen and oxygen atoms in total. The van der Waals surface area contributed by atoms with E-state index in [0.717, 1.165) is 0 Å². The SMILES string of the molecule is CCOC(C)n1nn/c(=N\S(=O)(=O)c2ccccc2)n1C(C)OCC. The molecule has 25 heavy (non-hydrogen) atoms. The van der Waals surface area contributed by atoms with Gasteiger partial charge in [0.05, 0.1) is 4.90 Å². The number of aromatic nitrogens is 4. The van der Waals surface area contributed by atoms with Gasteiger partial charge in [-0.1, -0.05) is 23.3 Å². The van der Waals surface area contributed by atoms with Crippen LogP contribution in [0, 0.1) is 0 Å². The van der Waals surface area contributed by atoms with Crippen LogP contribution in [0.2, 0.25) is 0 Å². The van der Waals surface area contributed by atoms with E-state index in [-0.39, 0.29) is 10.5 Å². The van der Waals surface area contributed by atoms with E-state index in [1.807, 2.05) is 13.8 Å². The molecule has 2 aromatic rings. The molecule has 138 valence electrons. The van der Waals surface area contributed by atoms with Gasteiger partial charge in [0.1, 0.15) is 0 Å². The Morgan fingerprint density at radius 1 is 1.08 bits per heavy atom. The van der Waals surface area contributed by atoms with Crippen LogP contribution in [0.5, 0.6) is 0 Å². The molecule has 0 aliphatic heterocycles. The Labute approximate surface area is 146 Å². The number of hydrogen-bond acceptors (Lipinski definition) is 6. The summed E-state index contributed by atoms with van der Waals surface area (Å²) in [5.74, 6) is 0. The lowest BCUT2D eigenvalue weighted by molar-refractivity contribution is -0.0493. The molecule has 2 rings (SSSR count). The van der Waals surface area contributed by atoms with Crippen LogP contribution in [0.25, 0.3) is 0 Å². The predicted molar refractivity (Wildman–Crippen MR) is 89.9 cm³/mol. The second-order valence-corrected chi connectivity index (χ2v) is 6.75. The van der Waals surface area contributed by atoms with E-state index in [1.165, 1.54) is 21.6 Å². The second kappa shape index (κ2) is 8.37.